The second-order valence-electron chi connectivity index (χ2n) is 5.72. The number of nitrogens with one attached hydrogen (secondary N) is 1. The molecule has 0 aliphatic heterocycles. The molecule has 0 bridgehead atoms. The molecule has 134 valence electrons. The first-order valence-corrected chi connectivity index (χ1v) is 8.46. The van der Waals surface area contributed by atoms with E-state index in [1.54, 1.807) is 18.3 Å². The van der Waals surface area contributed by atoms with Crippen LogP contribution >= 0.6 is 0 Å². The molecule has 0 saturated heterocycles. The Hall–Kier alpha value is -3.28. The Morgan fingerprint density at radius 2 is 1.81 bits per heavy atom. The molecule has 0 spiro atoms. The van der Waals surface area contributed by atoms with E-state index in [4.69, 9.17) is 4.74 Å². The van der Waals surface area contributed by atoms with Gasteiger partial charge in [0.25, 0.3) is 0 Å². The molecule has 0 fully saturated rings. The van der Waals surface area contributed by atoms with Crippen LogP contribution in [0.15, 0.2) is 54.7 Å². The number of phenols is 2. The van der Waals surface area contributed by atoms with Crippen LogP contribution in [0.3, 0.4) is 0 Å². The van der Waals surface area contributed by atoms with Crippen molar-refractivity contribution in [2.24, 2.45) is 0 Å². The second-order valence-corrected chi connectivity index (χ2v) is 5.72. The van der Waals surface area contributed by atoms with Crippen molar-refractivity contribution in [2.45, 2.75) is 13.3 Å². The lowest BCUT2D eigenvalue weighted by atomic mass is 10.1. The summed E-state index contributed by atoms with van der Waals surface area (Å²) in [5.41, 5.74) is 2.73. The maximum absolute atomic E-state index is 9.53. The fourth-order valence-electron chi connectivity index (χ4n) is 2.54. The van der Waals surface area contributed by atoms with Gasteiger partial charge in [0.05, 0.1) is 12.3 Å². The third-order valence-electron chi connectivity index (χ3n) is 3.85. The molecule has 6 nitrogen and oxygen atoms in total. The van der Waals surface area contributed by atoms with Crippen LogP contribution in [-0.4, -0.2) is 33.3 Å². The highest BCUT2D eigenvalue weighted by molar-refractivity contribution is 5.60. The molecule has 0 atom stereocenters. The van der Waals surface area contributed by atoms with E-state index in [1.165, 1.54) is 6.07 Å². The normalized spacial score (nSPS) is 10.5. The molecule has 1 heterocycles. The van der Waals surface area contributed by atoms with Crippen molar-refractivity contribution in [3.8, 4) is 28.5 Å². The first-order chi connectivity index (χ1) is 12.7. The van der Waals surface area contributed by atoms with Gasteiger partial charge >= 0.3 is 0 Å². The highest BCUT2D eigenvalue weighted by Gasteiger charge is 2.04. The Bertz CT molecular complexity index is 866. The average Bonchev–Trinajstić information content (AvgIpc) is 2.66. The minimum atomic E-state index is -0.118. The number of hydrogen-bond acceptors (Lipinski definition) is 6. The number of aromatic hydroxyl groups is 2. The summed E-state index contributed by atoms with van der Waals surface area (Å²) in [5.74, 6) is 1.14. The summed E-state index contributed by atoms with van der Waals surface area (Å²) < 4.78 is 5.45. The minimum absolute atomic E-state index is 0.115. The van der Waals surface area contributed by atoms with Crippen LogP contribution in [0.1, 0.15) is 12.5 Å². The number of rotatable bonds is 7. The summed E-state index contributed by atoms with van der Waals surface area (Å²) in [7, 11) is 0. The Kier molecular flexibility index (Phi) is 5.53. The Morgan fingerprint density at radius 1 is 1.00 bits per heavy atom. The van der Waals surface area contributed by atoms with Crippen LogP contribution in [0, 0.1) is 0 Å². The summed E-state index contributed by atoms with van der Waals surface area (Å²) in [5, 5.41) is 22.0. The molecule has 3 aromatic rings. The molecular formula is C20H21N3O3. The standard InChI is InChI=1S/C20H21N3O3/c1-2-26-16-6-4-15(5-7-16)17-10-12-22-20(23-17)21-11-9-14-3-8-18(24)19(25)13-14/h3-8,10,12-13,24-25H,2,9,11H2,1H3,(H,21,22,23). The lowest BCUT2D eigenvalue weighted by Gasteiger charge is -2.08. The molecule has 0 aliphatic carbocycles. The van der Waals surface area contributed by atoms with E-state index in [2.05, 4.69) is 15.3 Å². The minimum Gasteiger partial charge on any atom is -0.504 e. The Balaban J connectivity index is 1.62. The van der Waals surface area contributed by atoms with E-state index in [9.17, 15) is 10.2 Å². The largest absolute Gasteiger partial charge is 0.504 e. The molecular weight excluding hydrogens is 330 g/mol. The molecule has 0 aliphatic rings. The fourth-order valence-corrected chi connectivity index (χ4v) is 2.54. The lowest BCUT2D eigenvalue weighted by molar-refractivity contribution is 0.340. The molecule has 0 radical (unpaired) electrons. The predicted molar refractivity (Wildman–Crippen MR) is 101 cm³/mol. The maximum Gasteiger partial charge on any atom is 0.223 e. The van der Waals surface area contributed by atoms with E-state index in [0.29, 0.717) is 25.5 Å². The number of hydrogen-bond donors (Lipinski definition) is 3. The van der Waals surface area contributed by atoms with Gasteiger partial charge in [-0.25, -0.2) is 9.97 Å². The van der Waals surface area contributed by atoms with Gasteiger partial charge in [-0.15, -0.1) is 0 Å². The van der Waals surface area contributed by atoms with Gasteiger partial charge in [-0.2, -0.15) is 0 Å². The van der Waals surface area contributed by atoms with Gasteiger partial charge in [0.15, 0.2) is 11.5 Å². The quantitative estimate of drug-likeness (QED) is 0.564. The highest BCUT2D eigenvalue weighted by Crippen LogP contribution is 2.25. The van der Waals surface area contributed by atoms with E-state index < -0.39 is 0 Å². The van der Waals surface area contributed by atoms with E-state index in [0.717, 1.165) is 22.6 Å². The van der Waals surface area contributed by atoms with Crippen LogP contribution in [0.5, 0.6) is 17.2 Å². The van der Waals surface area contributed by atoms with Crippen molar-refractivity contribution in [2.75, 3.05) is 18.5 Å². The third-order valence-corrected chi connectivity index (χ3v) is 3.85. The Morgan fingerprint density at radius 3 is 2.54 bits per heavy atom. The summed E-state index contributed by atoms with van der Waals surface area (Å²) in [6, 6.07) is 14.4. The summed E-state index contributed by atoms with van der Waals surface area (Å²) in [6.45, 7) is 3.20. The van der Waals surface area contributed by atoms with Gasteiger partial charge in [0, 0.05) is 18.3 Å². The molecule has 0 unspecified atom stereocenters. The summed E-state index contributed by atoms with van der Waals surface area (Å²) in [6.07, 6.45) is 2.39. The number of benzene rings is 2. The zero-order valence-electron chi connectivity index (χ0n) is 14.5. The summed E-state index contributed by atoms with van der Waals surface area (Å²) in [4.78, 5) is 8.77. The first-order valence-electron chi connectivity index (χ1n) is 8.46. The molecule has 1 aromatic heterocycles. The topological polar surface area (TPSA) is 87.5 Å². The van der Waals surface area contributed by atoms with Gasteiger partial charge in [0.2, 0.25) is 5.95 Å². The van der Waals surface area contributed by atoms with Crippen molar-refractivity contribution in [3.05, 3.63) is 60.3 Å². The van der Waals surface area contributed by atoms with Gasteiger partial charge in [-0.3, -0.25) is 0 Å². The highest BCUT2D eigenvalue weighted by atomic mass is 16.5. The molecule has 6 heteroatoms. The molecule has 2 aromatic carbocycles. The third kappa shape index (κ3) is 4.42. The zero-order valence-corrected chi connectivity index (χ0v) is 14.5. The van der Waals surface area contributed by atoms with Crippen molar-refractivity contribution >= 4 is 5.95 Å². The molecule has 3 N–H and O–H groups in total. The van der Waals surface area contributed by atoms with Gasteiger partial charge in [-0.05, 0) is 61.4 Å². The van der Waals surface area contributed by atoms with Crippen LogP contribution in [0.2, 0.25) is 0 Å². The molecule has 0 saturated carbocycles. The number of ether oxygens (including phenoxy) is 1. The fraction of sp³-hybridized carbons (Fsp3) is 0.200. The number of phenolic OH excluding ortho intramolecular Hbond substituents is 2. The van der Waals surface area contributed by atoms with Crippen LogP contribution in [0.25, 0.3) is 11.3 Å². The smallest absolute Gasteiger partial charge is 0.223 e. The van der Waals surface area contributed by atoms with Crippen LogP contribution in [-0.2, 0) is 6.42 Å². The van der Waals surface area contributed by atoms with Crippen molar-refractivity contribution in [3.63, 3.8) is 0 Å². The summed E-state index contributed by atoms with van der Waals surface area (Å²) >= 11 is 0. The van der Waals surface area contributed by atoms with Crippen molar-refractivity contribution in [1.82, 2.24) is 9.97 Å². The average molecular weight is 351 g/mol. The molecule has 0 amide bonds. The van der Waals surface area contributed by atoms with E-state index in [-0.39, 0.29) is 11.5 Å². The lowest BCUT2D eigenvalue weighted by Crippen LogP contribution is -2.08. The monoisotopic (exact) mass is 351 g/mol. The van der Waals surface area contributed by atoms with Gasteiger partial charge < -0.3 is 20.3 Å². The van der Waals surface area contributed by atoms with Crippen molar-refractivity contribution in [1.29, 1.82) is 0 Å². The molecule has 26 heavy (non-hydrogen) atoms. The zero-order chi connectivity index (χ0) is 18.4. The second kappa shape index (κ2) is 8.20. The Labute approximate surface area is 152 Å². The molecule has 3 rings (SSSR count). The number of anilines is 1. The van der Waals surface area contributed by atoms with Crippen LogP contribution < -0.4 is 10.1 Å². The SMILES string of the molecule is CCOc1ccc(-c2ccnc(NCCc3ccc(O)c(O)c3)n2)cc1. The van der Waals surface area contributed by atoms with Crippen LogP contribution in [0.4, 0.5) is 5.95 Å². The maximum atomic E-state index is 9.53. The van der Waals surface area contributed by atoms with Crippen molar-refractivity contribution < 1.29 is 14.9 Å². The number of nitrogens with zero attached hydrogens (tertiary/aromatic N) is 2. The predicted octanol–water partition coefficient (Wildman–Crippen LogP) is 3.61. The van der Waals surface area contributed by atoms with E-state index >= 15 is 0 Å². The van der Waals surface area contributed by atoms with E-state index in [1.807, 2.05) is 37.3 Å². The number of aromatic nitrogens is 2. The van der Waals surface area contributed by atoms with Gasteiger partial charge in [-0.1, -0.05) is 6.07 Å². The first kappa shape index (κ1) is 17.5. The van der Waals surface area contributed by atoms with Gasteiger partial charge in [0.1, 0.15) is 5.75 Å².